The Bertz CT molecular complexity index is 844. The number of Topliss-reactive ketones (excluding diaryl/α,β-unsaturated/α-hetero) is 1. The summed E-state index contributed by atoms with van der Waals surface area (Å²) < 4.78 is 28.0. The molecule has 0 bridgehead atoms. The molecule has 25 heavy (non-hydrogen) atoms. The minimum atomic E-state index is -0.675. The van der Waals surface area contributed by atoms with E-state index in [0.717, 1.165) is 11.1 Å². The van der Waals surface area contributed by atoms with Crippen molar-refractivity contribution < 1.29 is 28.5 Å². The van der Waals surface area contributed by atoms with Crippen LogP contribution in [-0.4, -0.2) is 33.2 Å². The third-order valence-electron chi connectivity index (χ3n) is 4.64. The molecule has 0 unspecified atom stereocenters. The molecule has 0 aromatic heterocycles. The van der Waals surface area contributed by atoms with Gasteiger partial charge in [0.25, 0.3) is 0 Å². The summed E-state index contributed by atoms with van der Waals surface area (Å²) in [6, 6.07) is 8.88. The Labute approximate surface area is 145 Å². The van der Waals surface area contributed by atoms with E-state index in [1.165, 1.54) is 0 Å². The molecule has 4 rings (SSSR count). The van der Waals surface area contributed by atoms with Crippen molar-refractivity contribution in [3.05, 3.63) is 47.0 Å². The molecule has 0 fully saturated rings. The highest BCUT2D eigenvalue weighted by atomic mass is 16.6. The van der Waals surface area contributed by atoms with Crippen LogP contribution in [0.3, 0.4) is 0 Å². The van der Waals surface area contributed by atoms with Crippen LogP contribution in [0.5, 0.6) is 23.0 Å². The molecule has 6 heteroatoms. The molecule has 0 radical (unpaired) electrons. The van der Waals surface area contributed by atoms with Crippen LogP contribution in [0.25, 0.3) is 0 Å². The van der Waals surface area contributed by atoms with Gasteiger partial charge in [0.15, 0.2) is 29.5 Å². The number of fused-ring (bicyclic) bond motifs is 4. The van der Waals surface area contributed by atoms with Crippen molar-refractivity contribution in [2.45, 2.75) is 18.8 Å². The normalized spacial score (nSPS) is 20.7. The van der Waals surface area contributed by atoms with Crippen LogP contribution in [0.1, 0.15) is 27.6 Å². The summed E-state index contributed by atoms with van der Waals surface area (Å²) in [5, 5.41) is 0. The molecular weight excluding hydrogens is 324 g/mol. The van der Waals surface area contributed by atoms with E-state index in [-0.39, 0.29) is 12.4 Å². The first kappa shape index (κ1) is 15.8. The minimum absolute atomic E-state index is 0.0886. The van der Waals surface area contributed by atoms with Gasteiger partial charge in [-0.05, 0) is 18.2 Å². The summed E-state index contributed by atoms with van der Waals surface area (Å²) in [5.74, 6) is 2.26. The fourth-order valence-electron chi connectivity index (χ4n) is 3.40. The van der Waals surface area contributed by atoms with Crippen LogP contribution in [-0.2, 0) is 11.3 Å². The van der Waals surface area contributed by atoms with Crippen molar-refractivity contribution in [2.24, 2.45) is 0 Å². The topological polar surface area (TPSA) is 63.2 Å². The Balaban J connectivity index is 1.81. The van der Waals surface area contributed by atoms with Crippen molar-refractivity contribution in [3.63, 3.8) is 0 Å². The molecule has 0 saturated carbocycles. The molecule has 0 N–H and O–H groups in total. The van der Waals surface area contributed by atoms with Crippen LogP contribution in [0.2, 0.25) is 0 Å². The Morgan fingerprint density at radius 2 is 1.84 bits per heavy atom. The third kappa shape index (κ3) is 2.33. The number of ketones is 1. The maximum atomic E-state index is 12.8. The predicted molar refractivity (Wildman–Crippen MR) is 88.8 cm³/mol. The SMILES string of the molecule is COc1ccc2c(c1)O[C@@H]1c3ccc(OC)c(OC)c3CO[C@H]1C2=O. The highest BCUT2D eigenvalue weighted by Crippen LogP contribution is 2.46. The van der Waals surface area contributed by atoms with Crippen LogP contribution in [0.15, 0.2) is 30.3 Å². The molecule has 0 saturated heterocycles. The molecule has 0 aliphatic carbocycles. The smallest absolute Gasteiger partial charge is 0.199 e. The lowest BCUT2D eigenvalue weighted by molar-refractivity contribution is -0.0431. The molecule has 2 aliphatic rings. The van der Waals surface area contributed by atoms with Crippen LogP contribution >= 0.6 is 0 Å². The second-order valence-electron chi connectivity index (χ2n) is 5.87. The molecule has 6 nitrogen and oxygen atoms in total. The summed E-state index contributed by atoms with van der Waals surface area (Å²) in [5.41, 5.74) is 2.21. The first-order chi connectivity index (χ1) is 12.2. The number of carbonyl (C=O) groups excluding carboxylic acids is 1. The van der Waals surface area contributed by atoms with Gasteiger partial charge in [0, 0.05) is 17.2 Å². The van der Waals surface area contributed by atoms with E-state index in [1.54, 1.807) is 39.5 Å². The van der Waals surface area contributed by atoms with E-state index in [1.807, 2.05) is 12.1 Å². The van der Waals surface area contributed by atoms with Crippen molar-refractivity contribution >= 4 is 5.78 Å². The molecule has 2 aromatic rings. The number of carbonyl (C=O) groups is 1. The van der Waals surface area contributed by atoms with Gasteiger partial charge in [0.2, 0.25) is 0 Å². The van der Waals surface area contributed by atoms with Crippen LogP contribution in [0.4, 0.5) is 0 Å². The van der Waals surface area contributed by atoms with E-state index >= 15 is 0 Å². The molecule has 0 amide bonds. The van der Waals surface area contributed by atoms with Gasteiger partial charge in [-0.3, -0.25) is 4.79 Å². The Morgan fingerprint density at radius 1 is 1.00 bits per heavy atom. The number of benzene rings is 2. The van der Waals surface area contributed by atoms with Crippen LogP contribution in [0, 0.1) is 0 Å². The summed E-state index contributed by atoms with van der Waals surface area (Å²) in [6.45, 7) is 0.261. The molecular formula is C19H18O6. The number of ether oxygens (including phenoxy) is 5. The minimum Gasteiger partial charge on any atom is -0.497 e. The second kappa shape index (κ2) is 5.97. The first-order valence-corrected chi connectivity index (χ1v) is 7.92. The average molecular weight is 342 g/mol. The average Bonchev–Trinajstić information content (AvgIpc) is 2.66. The molecule has 2 atom stereocenters. The number of hydrogen-bond acceptors (Lipinski definition) is 6. The fourth-order valence-corrected chi connectivity index (χ4v) is 3.40. The lowest BCUT2D eigenvalue weighted by Gasteiger charge is -2.37. The Hall–Kier alpha value is -2.73. The van der Waals surface area contributed by atoms with E-state index in [2.05, 4.69) is 0 Å². The van der Waals surface area contributed by atoms with Gasteiger partial charge in [0.1, 0.15) is 11.5 Å². The van der Waals surface area contributed by atoms with Gasteiger partial charge >= 0.3 is 0 Å². The monoisotopic (exact) mass is 342 g/mol. The number of rotatable bonds is 3. The van der Waals surface area contributed by atoms with Crippen molar-refractivity contribution in [2.75, 3.05) is 21.3 Å². The summed E-state index contributed by atoms with van der Waals surface area (Å²) in [4.78, 5) is 12.8. The molecule has 0 spiro atoms. The zero-order valence-electron chi connectivity index (χ0n) is 14.2. The lowest BCUT2D eigenvalue weighted by atomic mass is 9.88. The number of methoxy groups -OCH3 is 3. The highest BCUT2D eigenvalue weighted by Gasteiger charge is 2.43. The molecule has 2 aromatic carbocycles. The maximum Gasteiger partial charge on any atom is 0.199 e. The highest BCUT2D eigenvalue weighted by molar-refractivity contribution is 6.03. The summed E-state index contributed by atoms with van der Waals surface area (Å²) >= 11 is 0. The van der Waals surface area contributed by atoms with Gasteiger partial charge in [-0.2, -0.15) is 0 Å². The largest absolute Gasteiger partial charge is 0.497 e. The van der Waals surface area contributed by atoms with Gasteiger partial charge in [0.05, 0.1) is 33.5 Å². The summed E-state index contributed by atoms with van der Waals surface area (Å²) in [6.07, 6.45) is -1.21. The van der Waals surface area contributed by atoms with E-state index in [4.69, 9.17) is 23.7 Å². The Kier molecular flexibility index (Phi) is 3.77. The second-order valence-corrected chi connectivity index (χ2v) is 5.87. The fraction of sp³-hybridized carbons (Fsp3) is 0.316. The first-order valence-electron chi connectivity index (χ1n) is 7.92. The van der Waals surface area contributed by atoms with E-state index < -0.39 is 12.2 Å². The van der Waals surface area contributed by atoms with Gasteiger partial charge in [-0.15, -0.1) is 0 Å². The van der Waals surface area contributed by atoms with Gasteiger partial charge < -0.3 is 23.7 Å². The van der Waals surface area contributed by atoms with E-state index in [9.17, 15) is 4.79 Å². The van der Waals surface area contributed by atoms with Gasteiger partial charge in [-0.1, -0.05) is 6.07 Å². The predicted octanol–water partition coefficient (Wildman–Crippen LogP) is 2.93. The number of hydrogen-bond donors (Lipinski definition) is 0. The van der Waals surface area contributed by atoms with Crippen molar-refractivity contribution in [3.8, 4) is 23.0 Å². The standard InChI is InChI=1S/C19H18O6/c1-21-10-4-5-12-15(8-10)25-18-11-6-7-14(22-2)17(23-3)13(11)9-24-19(18)16(12)20/h4-8,18-19H,9H2,1-3H3/t18-,19+/m1/s1. The Morgan fingerprint density at radius 3 is 2.56 bits per heavy atom. The zero-order chi connectivity index (χ0) is 17.6. The quantitative estimate of drug-likeness (QED) is 0.855. The van der Waals surface area contributed by atoms with Crippen LogP contribution < -0.4 is 18.9 Å². The van der Waals surface area contributed by atoms with Gasteiger partial charge in [-0.25, -0.2) is 0 Å². The maximum absolute atomic E-state index is 12.8. The summed E-state index contributed by atoms with van der Waals surface area (Å²) in [7, 11) is 4.74. The third-order valence-corrected chi connectivity index (χ3v) is 4.64. The van der Waals surface area contributed by atoms with E-state index in [0.29, 0.717) is 28.6 Å². The van der Waals surface area contributed by atoms with Crippen molar-refractivity contribution in [1.82, 2.24) is 0 Å². The van der Waals surface area contributed by atoms with Crippen molar-refractivity contribution in [1.29, 1.82) is 0 Å². The molecule has 130 valence electrons. The molecule has 2 heterocycles. The molecule has 2 aliphatic heterocycles. The lowest BCUT2D eigenvalue weighted by Crippen LogP contribution is -2.41. The zero-order valence-corrected chi connectivity index (χ0v) is 14.2.